The molecule has 1 aromatic rings. The monoisotopic (exact) mass is 369 g/mol. The van der Waals surface area contributed by atoms with Gasteiger partial charge < -0.3 is 20.3 Å². The number of hydrogen-bond donors (Lipinski definition) is 3. The first-order valence-electron chi connectivity index (χ1n) is 8.08. The molecule has 25 heavy (non-hydrogen) atoms. The van der Waals surface area contributed by atoms with Gasteiger partial charge in [-0.3, -0.25) is 14.4 Å². The van der Waals surface area contributed by atoms with Gasteiger partial charge >= 0.3 is 11.9 Å². The molecule has 0 aliphatic carbocycles. The van der Waals surface area contributed by atoms with E-state index in [0.717, 1.165) is 5.75 Å². The summed E-state index contributed by atoms with van der Waals surface area (Å²) in [5.41, 5.74) is 0. The van der Waals surface area contributed by atoms with E-state index in [-0.39, 0.29) is 25.2 Å². The summed E-state index contributed by atoms with van der Waals surface area (Å²) in [7, 11) is -0.767. The Morgan fingerprint density at radius 2 is 1.48 bits per heavy atom. The summed E-state index contributed by atoms with van der Waals surface area (Å²) in [6, 6.07) is 9.29. The fourth-order valence-corrected chi connectivity index (χ4v) is 4.27. The molecule has 0 unspecified atom stereocenters. The molecule has 3 N–H and O–H groups in total. The lowest BCUT2D eigenvalue weighted by Crippen LogP contribution is -2.28. The van der Waals surface area contributed by atoms with Crippen molar-refractivity contribution in [3.8, 4) is 5.75 Å². The molecule has 0 spiro atoms. The highest BCUT2D eigenvalue weighted by Gasteiger charge is 2.14. The van der Waals surface area contributed by atoms with Gasteiger partial charge in [-0.2, -0.15) is 0 Å². The molecule has 0 radical (unpaired) electrons. The lowest BCUT2D eigenvalue weighted by atomic mass is 10.3. The average Bonchev–Trinajstić information content (AvgIpc) is 2.58. The van der Waals surface area contributed by atoms with Crippen molar-refractivity contribution in [2.75, 3.05) is 31.6 Å². The number of carboxylic acids is 2. The summed E-state index contributed by atoms with van der Waals surface area (Å²) in [6.45, 7) is 0.748. The second kappa shape index (κ2) is 12.3. The van der Waals surface area contributed by atoms with Gasteiger partial charge in [0, 0.05) is 19.3 Å². The van der Waals surface area contributed by atoms with Crippen LogP contribution in [-0.2, 0) is 14.4 Å². The van der Waals surface area contributed by atoms with Gasteiger partial charge in [0.05, 0.1) is 6.54 Å². The van der Waals surface area contributed by atoms with Crippen LogP contribution in [0.4, 0.5) is 0 Å². The van der Waals surface area contributed by atoms with Gasteiger partial charge in [-0.25, -0.2) is 0 Å². The van der Waals surface area contributed by atoms with Gasteiger partial charge in [-0.1, -0.05) is 18.2 Å². The van der Waals surface area contributed by atoms with E-state index in [1.54, 1.807) is 0 Å². The summed E-state index contributed by atoms with van der Waals surface area (Å²) in [5, 5.41) is 20.3. The molecule has 0 aliphatic rings. The lowest BCUT2D eigenvalue weighted by molar-refractivity contribution is -0.137. The van der Waals surface area contributed by atoms with Gasteiger partial charge in [-0.15, -0.1) is 7.92 Å². The van der Waals surface area contributed by atoms with E-state index in [2.05, 4.69) is 5.32 Å². The molecule has 7 nitrogen and oxygen atoms in total. The minimum absolute atomic E-state index is 0.0118. The maximum Gasteiger partial charge on any atom is 0.303 e. The number of rotatable bonds is 13. The van der Waals surface area contributed by atoms with Crippen LogP contribution < -0.4 is 10.1 Å². The molecular weight excluding hydrogens is 345 g/mol. The highest BCUT2D eigenvalue weighted by Crippen LogP contribution is 2.37. The number of carboxylic acid groups (broad SMARTS) is 2. The van der Waals surface area contributed by atoms with E-state index in [1.165, 1.54) is 0 Å². The first-order valence-corrected chi connectivity index (χ1v) is 9.97. The van der Waals surface area contributed by atoms with Gasteiger partial charge in [0.15, 0.2) is 0 Å². The van der Waals surface area contributed by atoms with Crippen LogP contribution in [-0.4, -0.2) is 59.7 Å². The summed E-state index contributed by atoms with van der Waals surface area (Å²) < 4.78 is 5.47. The molecule has 0 aliphatic heterocycles. The van der Waals surface area contributed by atoms with E-state index in [1.807, 2.05) is 30.3 Å². The number of amides is 1. The Bertz CT molecular complexity index is 533. The highest BCUT2D eigenvalue weighted by molar-refractivity contribution is 7.57. The third-order valence-electron chi connectivity index (χ3n) is 3.38. The fourth-order valence-electron chi connectivity index (χ4n) is 2.07. The SMILES string of the molecule is O=C(O)CCP(CCC(=O)O)CCC(=O)NCCOc1ccccc1. The molecule has 0 heterocycles. The molecule has 1 amide bonds. The number of nitrogens with one attached hydrogen (secondary N) is 1. The molecule has 0 atom stereocenters. The normalized spacial score (nSPS) is 10.4. The maximum absolute atomic E-state index is 11.8. The van der Waals surface area contributed by atoms with Crippen LogP contribution in [0.3, 0.4) is 0 Å². The van der Waals surface area contributed by atoms with Crippen molar-refractivity contribution < 1.29 is 29.3 Å². The van der Waals surface area contributed by atoms with Crippen LogP contribution in [0.5, 0.6) is 5.75 Å². The Balaban J connectivity index is 2.22. The average molecular weight is 369 g/mol. The zero-order valence-electron chi connectivity index (χ0n) is 14.0. The van der Waals surface area contributed by atoms with Crippen molar-refractivity contribution in [2.24, 2.45) is 0 Å². The number of carbonyl (C=O) groups excluding carboxylic acids is 1. The van der Waals surface area contributed by atoms with E-state index in [9.17, 15) is 14.4 Å². The third kappa shape index (κ3) is 11.1. The van der Waals surface area contributed by atoms with Crippen molar-refractivity contribution >= 4 is 25.8 Å². The number of ether oxygens (including phenoxy) is 1. The van der Waals surface area contributed by atoms with Gasteiger partial charge in [-0.05, 0) is 30.6 Å². The van der Waals surface area contributed by atoms with Crippen LogP contribution in [0.25, 0.3) is 0 Å². The minimum atomic E-state index is -0.898. The molecular formula is C17H24NO6P. The van der Waals surface area contributed by atoms with Gasteiger partial charge in [0.25, 0.3) is 0 Å². The van der Waals surface area contributed by atoms with Crippen molar-refractivity contribution in [1.29, 1.82) is 0 Å². The Hall–Kier alpha value is -2.14. The maximum atomic E-state index is 11.8. The summed E-state index contributed by atoms with van der Waals surface area (Å²) in [6.07, 6.45) is 1.73. The Labute approximate surface area is 148 Å². The molecule has 1 rings (SSSR count). The molecule has 1 aromatic carbocycles. The van der Waals surface area contributed by atoms with Crippen LogP contribution in [0.15, 0.2) is 30.3 Å². The molecule has 0 saturated carbocycles. The van der Waals surface area contributed by atoms with Crippen LogP contribution >= 0.6 is 7.92 Å². The van der Waals surface area contributed by atoms with Crippen molar-refractivity contribution in [3.05, 3.63) is 30.3 Å². The smallest absolute Gasteiger partial charge is 0.303 e. The molecule has 138 valence electrons. The first-order chi connectivity index (χ1) is 12.0. The van der Waals surface area contributed by atoms with Crippen LogP contribution in [0.1, 0.15) is 19.3 Å². The van der Waals surface area contributed by atoms with Gasteiger partial charge in [0.1, 0.15) is 12.4 Å². The number of carbonyl (C=O) groups is 3. The van der Waals surface area contributed by atoms with E-state index < -0.39 is 19.9 Å². The van der Waals surface area contributed by atoms with Crippen molar-refractivity contribution in [2.45, 2.75) is 19.3 Å². The number of para-hydroxylation sites is 1. The van der Waals surface area contributed by atoms with Crippen molar-refractivity contribution in [3.63, 3.8) is 0 Å². The van der Waals surface area contributed by atoms with E-state index >= 15 is 0 Å². The van der Waals surface area contributed by atoms with Crippen LogP contribution in [0, 0.1) is 0 Å². The molecule has 0 fully saturated rings. The fraction of sp³-hybridized carbons (Fsp3) is 0.471. The molecule has 0 saturated heterocycles. The first kappa shape index (κ1) is 20.9. The molecule has 8 heteroatoms. The van der Waals surface area contributed by atoms with E-state index in [4.69, 9.17) is 14.9 Å². The quantitative estimate of drug-likeness (QED) is 0.362. The van der Waals surface area contributed by atoms with Crippen molar-refractivity contribution in [1.82, 2.24) is 5.32 Å². The minimum Gasteiger partial charge on any atom is -0.492 e. The Morgan fingerprint density at radius 1 is 0.920 bits per heavy atom. The zero-order chi connectivity index (χ0) is 18.5. The largest absolute Gasteiger partial charge is 0.492 e. The Morgan fingerprint density at radius 3 is 2.04 bits per heavy atom. The second-order valence-electron chi connectivity index (χ2n) is 5.39. The Kier molecular flexibility index (Phi) is 10.2. The lowest BCUT2D eigenvalue weighted by Gasteiger charge is -2.15. The molecule has 0 aromatic heterocycles. The van der Waals surface area contributed by atoms with Gasteiger partial charge in [0.2, 0.25) is 5.91 Å². The second-order valence-corrected chi connectivity index (χ2v) is 8.07. The number of aliphatic carboxylic acids is 2. The predicted octanol–water partition coefficient (Wildman–Crippen LogP) is 2.00. The summed E-state index contributed by atoms with van der Waals surface area (Å²) in [4.78, 5) is 33.2. The van der Waals surface area contributed by atoms with E-state index in [0.29, 0.717) is 31.6 Å². The predicted molar refractivity (Wildman–Crippen MR) is 95.6 cm³/mol. The standard InChI is InChI=1S/C17H24NO6P/c19-15(18-9-10-24-14-4-2-1-3-5-14)6-11-25(12-7-16(20)21)13-8-17(22)23/h1-5H,6-13H2,(H,18,19)(H,20,21)(H,22,23). The summed E-state index contributed by atoms with van der Waals surface area (Å²) in [5.74, 6) is -1.19. The summed E-state index contributed by atoms with van der Waals surface area (Å²) >= 11 is 0. The third-order valence-corrected chi connectivity index (χ3v) is 5.94. The topological polar surface area (TPSA) is 113 Å². The number of hydrogen-bond acceptors (Lipinski definition) is 4. The number of benzene rings is 1. The highest BCUT2D eigenvalue weighted by atomic mass is 31.1. The molecule has 0 bridgehead atoms. The van der Waals surface area contributed by atoms with Crippen LogP contribution in [0.2, 0.25) is 0 Å². The zero-order valence-corrected chi connectivity index (χ0v) is 14.9.